The number of fused-ring (bicyclic) bond motifs is 1. The van der Waals surface area contributed by atoms with E-state index in [2.05, 4.69) is 11.8 Å². The number of anilines is 1. The molecule has 1 aromatic carbocycles. The molecule has 0 radical (unpaired) electrons. The zero-order chi connectivity index (χ0) is 17.7. The molecule has 0 fully saturated rings. The van der Waals surface area contributed by atoms with E-state index in [-0.39, 0.29) is 11.5 Å². The smallest absolute Gasteiger partial charge is 0.337 e. The van der Waals surface area contributed by atoms with Crippen LogP contribution in [0.25, 0.3) is 0 Å². The molecule has 1 N–H and O–H groups in total. The number of rotatable bonds is 6. The molecule has 24 heavy (non-hydrogen) atoms. The third-order valence-electron chi connectivity index (χ3n) is 3.78. The third-order valence-corrected chi connectivity index (χ3v) is 3.78. The summed E-state index contributed by atoms with van der Waals surface area (Å²) in [7, 11) is 1.63. The van der Waals surface area contributed by atoms with E-state index in [1.807, 2.05) is 0 Å². The van der Waals surface area contributed by atoms with Crippen molar-refractivity contribution in [2.24, 2.45) is 0 Å². The van der Waals surface area contributed by atoms with Gasteiger partial charge in [0.05, 0.1) is 11.3 Å². The molecule has 1 atom stereocenters. The Labute approximate surface area is 141 Å². The summed E-state index contributed by atoms with van der Waals surface area (Å²) in [6, 6.07) is 3.07. The number of unbranched alkanes of at least 4 members (excludes halogenated alkanes) is 1. The summed E-state index contributed by atoms with van der Waals surface area (Å²) in [6.07, 6.45) is 0.957. The van der Waals surface area contributed by atoms with Crippen LogP contribution >= 0.6 is 0 Å². The third kappa shape index (κ3) is 3.69. The monoisotopic (exact) mass is 331 g/mol. The van der Waals surface area contributed by atoms with E-state index in [9.17, 15) is 14.7 Å². The molecular weight excluding hydrogens is 310 g/mol. The van der Waals surface area contributed by atoms with E-state index in [1.165, 1.54) is 6.07 Å². The maximum Gasteiger partial charge on any atom is 0.337 e. The molecule has 0 aliphatic carbocycles. The maximum atomic E-state index is 12.4. The van der Waals surface area contributed by atoms with Gasteiger partial charge in [0, 0.05) is 25.8 Å². The summed E-state index contributed by atoms with van der Waals surface area (Å²) in [5.74, 6) is 4.70. The highest BCUT2D eigenvalue weighted by atomic mass is 16.5. The van der Waals surface area contributed by atoms with Crippen molar-refractivity contribution < 1.29 is 24.2 Å². The highest BCUT2D eigenvalue weighted by molar-refractivity contribution is 6.02. The first kappa shape index (κ1) is 17.8. The predicted molar refractivity (Wildman–Crippen MR) is 89.5 cm³/mol. The lowest BCUT2D eigenvalue weighted by molar-refractivity contribution is -0.125. The molecule has 0 saturated carbocycles. The number of methoxy groups -OCH3 is 1. The normalized spacial score (nSPS) is 16.0. The largest absolute Gasteiger partial charge is 0.479 e. The number of carbonyl (C=O) groups excluding carboxylic acids is 1. The summed E-state index contributed by atoms with van der Waals surface area (Å²) < 4.78 is 10.7. The molecule has 0 saturated heterocycles. The zero-order valence-corrected chi connectivity index (χ0v) is 14.1. The van der Waals surface area contributed by atoms with Crippen molar-refractivity contribution in [1.29, 1.82) is 0 Å². The SMILES string of the molecule is CC#Cc1cc2c(cc1C(=O)O)N(CCCCOC)C(=O)[C@@H](C)O2. The van der Waals surface area contributed by atoms with E-state index in [1.54, 1.807) is 31.9 Å². The van der Waals surface area contributed by atoms with Crippen LogP contribution in [0.4, 0.5) is 5.69 Å². The van der Waals surface area contributed by atoms with Gasteiger partial charge in [-0.25, -0.2) is 4.79 Å². The van der Waals surface area contributed by atoms with E-state index < -0.39 is 12.1 Å². The van der Waals surface area contributed by atoms with Crippen LogP contribution in [-0.2, 0) is 9.53 Å². The summed E-state index contributed by atoms with van der Waals surface area (Å²) >= 11 is 0. The van der Waals surface area contributed by atoms with Gasteiger partial charge in [0.15, 0.2) is 6.10 Å². The Morgan fingerprint density at radius 2 is 2.17 bits per heavy atom. The first-order valence-corrected chi connectivity index (χ1v) is 7.80. The van der Waals surface area contributed by atoms with Gasteiger partial charge < -0.3 is 19.5 Å². The molecule has 6 heteroatoms. The van der Waals surface area contributed by atoms with Gasteiger partial charge in [0.2, 0.25) is 0 Å². The molecule has 1 amide bonds. The van der Waals surface area contributed by atoms with Crippen LogP contribution < -0.4 is 9.64 Å². The van der Waals surface area contributed by atoms with Crippen molar-refractivity contribution in [3.63, 3.8) is 0 Å². The van der Waals surface area contributed by atoms with Gasteiger partial charge in [-0.15, -0.1) is 5.92 Å². The number of hydrogen-bond acceptors (Lipinski definition) is 4. The second-order valence-corrected chi connectivity index (χ2v) is 5.50. The Kier molecular flexibility index (Phi) is 5.83. The molecule has 0 spiro atoms. The number of amides is 1. The lowest BCUT2D eigenvalue weighted by atomic mass is 10.0. The number of hydrogen-bond donors (Lipinski definition) is 1. The van der Waals surface area contributed by atoms with Crippen LogP contribution in [0.5, 0.6) is 5.75 Å². The Morgan fingerprint density at radius 3 is 2.79 bits per heavy atom. The maximum absolute atomic E-state index is 12.4. The van der Waals surface area contributed by atoms with Crippen molar-refractivity contribution in [1.82, 2.24) is 0 Å². The van der Waals surface area contributed by atoms with Gasteiger partial charge in [-0.1, -0.05) is 5.92 Å². The number of carbonyl (C=O) groups is 2. The predicted octanol–water partition coefficient (Wildman–Crippen LogP) is 2.30. The molecule has 128 valence electrons. The van der Waals surface area contributed by atoms with Gasteiger partial charge >= 0.3 is 5.97 Å². The highest BCUT2D eigenvalue weighted by Gasteiger charge is 2.32. The number of benzene rings is 1. The van der Waals surface area contributed by atoms with Crippen LogP contribution in [-0.4, -0.2) is 43.3 Å². The average Bonchev–Trinajstić information content (AvgIpc) is 2.54. The minimum absolute atomic E-state index is 0.0657. The summed E-state index contributed by atoms with van der Waals surface area (Å²) in [5, 5.41) is 9.42. The van der Waals surface area contributed by atoms with E-state index in [0.717, 1.165) is 12.8 Å². The lowest BCUT2D eigenvalue weighted by Crippen LogP contribution is -2.45. The Morgan fingerprint density at radius 1 is 1.42 bits per heavy atom. The van der Waals surface area contributed by atoms with Crippen LogP contribution in [0.2, 0.25) is 0 Å². The fraction of sp³-hybridized carbons (Fsp3) is 0.444. The Bertz CT molecular complexity index is 701. The second kappa shape index (κ2) is 7.84. The van der Waals surface area contributed by atoms with Gasteiger partial charge in [0.1, 0.15) is 5.75 Å². The summed E-state index contributed by atoms with van der Waals surface area (Å²) in [5.41, 5.74) is 0.926. The zero-order valence-electron chi connectivity index (χ0n) is 14.1. The molecule has 1 aliphatic heterocycles. The molecular formula is C18H21NO5. The quantitative estimate of drug-likeness (QED) is 0.639. The van der Waals surface area contributed by atoms with Crippen LogP contribution in [0, 0.1) is 11.8 Å². The first-order valence-electron chi connectivity index (χ1n) is 7.80. The minimum atomic E-state index is -1.08. The molecule has 0 aromatic heterocycles. The Hall–Kier alpha value is -2.52. The van der Waals surface area contributed by atoms with Gasteiger partial charge in [-0.2, -0.15) is 0 Å². The molecule has 2 rings (SSSR count). The fourth-order valence-electron chi connectivity index (χ4n) is 2.61. The van der Waals surface area contributed by atoms with Crippen molar-refractivity contribution in [2.45, 2.75) is 32.8 Å². The van der Waals surface area contributed by atoms with Crippen molar-refractivity contribution in [3.05, 3.63) is 23.3 Å². The first-order chi connectivity index (χ1) is 11.5. The van der Waals surface area contributed by atoms with Gasteiger partial charge in [-0.05, 0) is 38.8 Å². The number of aromatic carboxylic acids is 1. The number of nitrogens with zero attached hydrogens (tertiary/aromatic N) is 1. The van der Waals surface area contributed by atoms with Crippen LogP contribution in [0.3, 0.4) is 0 Å². The van der Waals surface area contributed by atoms with Gasteiger partial charge in [-0.3, -0.25) is 4.79 Å². The molecule has 1 aliphatic rings. The van der Waals surface area contributed by atoms with Gasteiger partial charge in [0.25, 0.3) is 5.91 Å². The molecule has 6 nitrogen and oxygen atoms in total. The van der Waals surface area contributed by atoms with Crippen molar-refractivity contribution in [2.75, 3.05) is 25.2 Å². The molecule has 1 aromatic rings. The summed E-state index contributed by atoms with van der Waals surface area (Å²) in [4.78, 5) is 25.5. The van der Waals surface area contributed by atoms with E-state index >= 15 is 0 Å². The van der Waals surface area contributed by atoms with E-state index in [4.69, 9.17) is 9.47 Å². The van der Waals surface area contributed by atoms with Crippen LogP contribution in [0.1, 0.15) is 42.6 Å². The molecule has 0 bridgehead atoms. The lowest BCUT2D eigenvalue weighted by Gasteiger charge is -2.33. The Balaban J connectivity index is 2.41. The second-order valence-electron chi connectivity index (χ2n) is 5.50. The number of carboxylic acid groups (broad SMARTS) is 1. The van der Waals surface area contributed by atoms with Crippen molar-refractivity contribution >= 4 is 17.6 Å². The number of carboxylic acids is 1. The topological polar surface area (TPSA) is 76.1 Å². The average molecular weight is 331 g/mol. The van der Waals surface area contributed by atoms with Crippen LogP contribution in [0.15, 0.2) is 12.1 Å². The standard InChI is InChI=1S/C18H21NO5/c1-4-7-13-10-16-15(11-14(13)18(21)22)19(8-5-6-9-23-3)17(20)12(2)24-16/h10-12H,5-6,8-9H2,1-3H3,(H,21,22)/t12-/m1/s1. The minimum Gasteiger partial charge on any atom is -0.479 e. The number of ether oxygens (including phenoxy) is 2. The highest BCUT2D eigenvalue weighted by Crippen LogP contribution is 2.36. The summed E-state index contributed by atoms with van der Waals surface area (Å²) in [6.45, 7) is 4.43. The van der Waals surface area contributed by atoms with Crippen molar-refractivity contribution in [3.8, 4) is 17.6 Å². The molecule has 0 unspecified atom stereocenters. The fourth-order valence-corrected chi connectivity index (χ4v) is 2.61. The van der Waals surface area contributed by atoms with E-state index in [0.29, 0.717) is 30.2 Å². The molecule has 1 heterocycles.